The normalized spacial score (nSPS) is 21.5. The Labute approximate surface area is 153 Å². The number of carbonyl (C=O) groups is 1. The Morgan fingerprint density at radius 3 is 3.00 bits per heavy atom. The Hall–Kier alpha value is -2.41. The minimum Gasteiger partial charge on any atom is -0.391 e. The number of nitrogens with zero attached hydrogens (tertiary/aromatic N) is 5. The second kappa shape index (κ2) is 7.45. The molecule has 1 fully saturated rings. The van der Waals surface area contributed by atoms with Crippen LogP contribution in [0.15, 0.2) is 35.7 Å². The lowest BCUT2D eigenvalue weighted by Gasteiger charge is -2.23. The van der Waals surface area contributed by atoms with E-state index in [0.717, 1.165) is 63.3 Å². The monoisotopic (exact) mass is 355 g/mol. The molecule has 1 atom stereocenters. The Balaban J connectivity index is 1.35. The van der Waals surface area contributed by atoms with Crippen molar-refractivity contribution in [1.82, 2.24) is 19.2 Å². The minimum atomic E-state index is 0.0178. The molecule has 1 unspecified atom stereocenters. The van der Waals surface area contributed by atoms with Crippen LogP contribution < -0.4 is 0 Å². The van der Waals surface area contributed by atoms with Gasteiger partial charge in [-0.3, -0.25) is 9.69 Å². The maximum atomic E-state index is 12.8. The molecule has 4 heterocycles. The van der Waals surface area contributed by atoms with Crippen LogP contribution in [0.25, 0.3) is 5.65 Å². The van der Waals surface area contributed by atoms with Gasteiger partial charge in [-0.05, 0) is 25.0 Å². The van der Waals surface area contributed by atoms with Crippen LogP contribution in [-0.2, 0) is 4.84 Å². The summed E-state index contributed by atoms with van der Waals surface area (Å²) in [6.45, 7) is 6.33. The molecule has 1 saturated heterocycles. The molecule has 7 heteroatoms. The molecule has 0 spiro atoms. The molecule has 2 aromatic rings. The highest BCUT2D eigenvalue weighted by Gasteiger charge is 2.26. The number of oxime groups is 1. The quantitative estimate of drug-likeness (QED) is 0.842. The van der Waals surface area contributed by atoms with E-state index in [4.69, 9.17) is 4.84 Å². The van der Waals surface area contributed by atoms with Crippen LogP contribution in [0.2, 0.25) is 0 Å². The summed E-state index contributed by atoms with van der Waals surface area (Å²) in [7, 11) is 0. The van der Waals surface area contributed by atoms with E-state index < -0.39 is 0 Å². The van der Waals surface area contributed by atoms with Gasteiger partial charge in [0.15, 0.2) is 0 Å². The topological polar surface area (TPSA) is 62.4 Å². The van der Waals surface area contributed by atoms with Gasteiger partial charge in [-0.1, -0.05) is 18.1 Å². The van der Waals surface area contributed by atoms with Gasteiger partial charge in [0.05, 0.1) is 5.71 Å². The zero-order valence-electron chi connectivity index (χ0n) is 15.2. The molecule has 2 aromatic heterocycles. The highest BCUT2D eigenvalue weighted by molar-refractivity contribution is 5.93. The van der Waals surface area contributed by atoms with E-state index in [1.165, 1.54) is 0 Å². The first-order chi connectivity index (χ1) is 12.7. The Bertz CT molecular complexity index is 782. The summed E-state index contributed by atoms with van der Waals surface area (Å²) in [5, 5.41) is 4.14. The number of hydrogen-bond acceptors (Lipinski definition) is 5. The van der Waals surface area contributed by atoms with E-state index in [1.54, 1.807) is 0 Å². The maximum Gasteiger partial charge on any atom is 0.274 e. The number of aromatic nitrogens is 2. The summed E-state index contributed by atoms with van der Waals surface area (Å²) in [4.78, 5) is 27.1. The van der Waals surface area contributed by atoms with Crippen molar-refractivity contribution in [3.8, 4) is 0 Å². The fourth-order valence-electron chi connectivity index (χ4n) is 3.64. The zero-order chi connectivity index (χ0) is 17.9. The summed E-state index contributed by atoms with van der Waals surface area (Å²) < 4.78 is 1.89. The molecule has 1 amide bonds. The highest BCUT2D eigenvalue weighted by Crippen LogP contribution is 2.16. The predicted molar refractivity (Wildman–Crippen MR) is 99.4 cm³/mol. The average molecular weight is 355 g/mol. The lowest BCUT2D eigenvalue weighted by atomic mass is 10.1. The minimum absolute atomic E-state index is 0.0178. The first-order valence-corrected chi connectivity index (χ1v) is 9.40. The van der Waals surface area contributed by atoms with Crippen LogP contribution in [0.3, 0.4) is 0 Å². The third kappa shape index (κ3) is 3.58. The SMILES string of the molecule is CCC1=NOC(CN2CCCN(C(=O)c3cn4ccccc4n3)CC2)C1. The summed E-state index contributed by atoms with van der Waals surface area (Å²) in [5.41, 5.74) is 2.47. The third-order valence-corrected chi connectivity index (χ3v) is 5.12. The van der Waals surface area contributed by atoms with Gasteiger partial charge in [0.25, 0.3) is 5.91 Å². The fraction of sp³-hybridized carbons (Fsp3) is 0.526. The van der Waals surface area contributed by atoms with Gasteiger partial charge < -0.3 is 14.1 Å². The Kier molecular flexibility index (Phi) is 4.88. The lowest BCUT2D eigenvalue weighted by Crippen LogP contribution is -2.37. The van der Waals surface area contributed by atoms with Crippen LogP contribution in [0.5, 0.6) is 0 Å². The number of carbonyl (C=O) groups excluding carboxylic acids is 1. The molecule has 0 aromatic carbocycles. The maximum absolute atomic E-state index is 12.8. The largest absolute Gasteiger partial charge is 0.391 e. The van der Waals surface area contributed by atoms with Crippen LogP contribution in [0.1, 0.15) is 36.7 Å². The third-order valence-electron chi connectivity index (χ3n) is 5.12. The molecule has 2 aliphatic heterocycles. The van der Waals surface area contributed by atoms with Crippen molar-refractivity contribution in [2.24, 2.45) is 5.16 Å². The molecule has 4 rings (SSSR count). The Morgan fingerprint density at radius 1 is 1.27 bits per heavy atom. The summed E-state index contributed by atoms with van der Waals surface area (Å²) in [6, 6.07) is 5.78. The first-order valence-electron chi connectivity index (χ1n) is 9.40. The number of amides is 1. The van der Waals surface area contributed by atoms with E-state index in [9.17, 15) is 4.79 Å². The van der Waals surface area contributed by atoms with Gasteiger partial charge in [0.1, 0.15) is 17.4 Å². The molecule has 2 aliphatic rings. The van der Waals surface area contributed by atoms with Crippen molar-refractivity contribution >= 4 is 17.3 Å². The van der Waals surface area contributed by atoms with E-state index in [2.05, 4.69) is 22.0 Å². The fourth-order valence-corrected chi connectivity index (χ4v) is 3.64. The first kappa shape index (κ1) is 17.0. The number of pyridine rings is 1. The number of fused-ring (bicyclic) bond motifs is 1. The summed E-state index contributed by atoms with van der Waals surface area (Å²) >= 11 is 0. The smallest absolute Gasteiger partial charge is 0.274 e. The average Bonchev–Trinajstić information content (AvgIpc) is 3.23. The van der Waals surface area contributed by atoms with Gasteiger partial charge in [-0.25, -0.2) is 4.98 Å². The molecule has 0 radical (unpaired) electrons. The second-order valence-electron chi connectivity index (χ2n) is 6.98. The van der Waals surface area contributed by atoms with Gasteiger partial charge in [-0.2, -0.15) is 0 Å². The van der Waals surface area contributed by atoms with Crippen molar-refractivity contribution in [3.63, 3.8) is 0 Å². The number of hydrogen-bond donors (Lipinski definition) is 0. The molecule has 0 saturated carbocycles. The van der Waals surface area contributed by atoms with Crippen molar-refractivity contribution in [1.29, 1.82) is 0 Å². The van der Waals surface area contributed by atoms with Gasteiger partial charge in [0, 0.05) is 51.5 Å². The van der Waals surface area contributed by atoms with Crippen molar-refractivity contribution < 1.29 is 9.63 Å². The number of imidazole rings is 1. The van der Waals surface area contributed by atoms with Crippen LogP contribution >= 0.6 is 0 Å². The zero-order valence-corrected chi connectivity index (χ0v) is 15.2. The molecule has 0 N–H and O–H groups in total. The predicted octanol–water partition coefficient (Wildman–Crippen LogP) is 2.04. The Morgan fingerprint density at radius 2 is 2.19 bits per heavy atom. The second-order valence-corrected chi connectivity index (χ2v) is 6.98. The van der Waals surface area contributed by atoms with Gasteiger partial charge in [-0.15, -0.1) is 0 Å². The van der Waals surface area contributed by atoms with Crippen LogP contribution in [0, 0.1) is 0 Å². The molecular weight excluding hydrogens is 330 g/mol. The molecule has 0 bridgehead atoms. The summed E-state index contributed by atoms with van der Waals surface area (Å²) in [6.07, 6.45) is 6.74. The van der Waals surface area contributed by atoms with Crippen LogP contribution in [-0.4, -0.2) is 69.6 Å². The van der Waals surface area contributed by atoms with Crippen LogP contribution in [0.4, 0.5) is 0 Å². The van der Waals surface area contributed by atoms with Crippen molar-refractivity contribution in [3.05, 3.63) is 36.3 Å². The van der Waals surface area contributed by atoms with Gasteiger partial charge in [0.2, 0.25) is 0 Å². The van der Waals surface area contributed by atoms with Crippen molar-refractivity contribution in [2.75, 3.05) is 32.7 Å². The van der Waals surface area contributed by atoms with Gasteiger partial charge >= 0.3 is 0 Å². The van der Waals surface area contributed by atoms with E-state index >= 15 is 0 Å². The standard InChI is InChI=1S/C19H25N5O2/c1-2-15-12-16(26-21-15)13-22-7-5-9-23(11-10-22)19(25)17-14-24-8-4-3-6-18(24)20-17/h3-4,6,8,14,16H,2,5,7,9-13H2,1H3. The molecule has 26 heavy (non-hydrogen) atoms. The van der Waals surface area contributed by atoms with E-state index in [0.29, 0.717) is 5.69 Å². The lowest BCUT2D eigenvalue weighted by molar-refractivity contribution is 0.0530. The molecule has 138 valence electrons. The molecule has 0 aliphatic carbocycles. The molecule has 7 nitrogen and oxygen atoms in total. The van der Waals surface area contributed by atoms with E-state index in [1.807, 2.05) is 39.9 Å². The van der Waals surface area contributed by atoms with E-state index in [-0.39, 0.29) is 12.0 Å². The summed E-state index contributed by atoms with van der Waals surface area (Å²) in [5.74, 6) is 0.0178. The van der Waals surface area contributed by atoms with Crippen molar-refractivity contribution in [2.45, 2.75) is 32.3 Å². The highest BCUT2D eigenvalue weighted by atomic mass is 16.6. The molecular formula is C19H25N5O2. The number of rotatable bonds is 4.